The van der Waals surface area contributed by atoms with Crippen LogP contribution in [-0.4, -0.2) is 47.1 Å². The fraction of sp³-hybridized carbons (Fsp3) is 0.429. The molecule has 76 valence electrons. The van der Waals surface area contributed by atoms with E-state index in [9.17, 15) is 9.59 Å². The zero-order valence-corrected chi connectivity index (χ0v) is 8.58. The van der Waals surface area contributed by atoms with Crippen molar-refractivity contribution < 1.29 is 14.3 Å². The molecule has 1 aromatic heterocycles. The minimum absolute atomic E-state index is 0.0904. The van der Waals surface area contributed by atoms with Crippen molar-refractivity contribution in [3.63, 3.8) is 0 Å². The minimum Gasteiger partial charge on any atom is -0.468 e. The number of rotatable bonds is 3. The summed E-state index contributed by atoms with van der Waals surface area (Å²) in [6, 6.07) is 0. The summed E-state index contributed by atoms with van der Waals surface area (Å²) >= 11 is 1.09. The summed E-state index contributed by atoms with van der Waals surface area (Å²) in [4.78, 5) is 23.6. The molecule has 6 nitrogen and oxygen atoms in total. The van der Waals surface area contributed by atoms with Gasteiger partial charge in [0.2, 0.25) is 0 Å². The van der Waals surface area contributed by atoms with Gasteiger partial charge >= 0.3 is 5.97 Å². The summed E-state index contributed by atoms with van der Waals surface area (Å²) < 4.78 is 7.98. The number of nitrogens with zero attached hydrogens (tertiary/aromatic N) is 3. The molecule has 0 aliphatic rings. The number of hydrogen-bond acceptors (Lipinski definition) is 6. The summed E-state index contributed by atoms with van der Waals surface area (Å²) in [6.45, 7) is -0.0904. The highest BCUT2D eigenvalue weighted by atomic mass is 32.1. The Morgan fingerprint density at radius 3 is 2.86 bits per heavy atom. The smallest absolute Gasteiger partial charge is 0.325 e. The predicted molar refractivity (Wildman–Crippen MR) is 48.9 cm³/mol. The van der Waals surface area contributed by atoms with Crippen molar-refractivity contribution in [2.24, 2.45) is 0 Å². The molecule has 0 saturated carbocycles. The van der Waals surface area contributed by atoms with Gasteiger partial charge in [0.25, 0.3) is 5.91 Å². The van der Waals surface area contributed by atoms with Crippen molar-refractivity contribution in [3.05, 3.63) is 11.1 Å². The molecule has 1 rings (SSSR count). The van der Waals surface area contributed by atoms with Gasteiger partial charge in [-0.2, -0.15) is 0 Å². The third kappa shape index (κ3) is 2.49. The highest BCUT2D eigenvalue weighted by molar-refractivity contribution is 7.03. The molecule has 0 spiro atoms. The SMILES string of the molecule is COC(=O)CN(C)C(=O)c1csnn1. The van der Waals surface area contributed by atoms with E-state index in [-0.39, 0.29) is 18.1 Å². The van der Waals surface area contributed by atoms with Crippen LogP contribution in [0.25, 0.3) is 0 Å². The lowest BCUT2D eigenvalue weighted by Gasteiger charge is -2.13. The second-order valence-electron chi connectivity index (χ2n) is 2.53. The van der Waals surface area contributed by atoms with Gasteiger partial charge in [-0.1, -0.05) is 4.49 Å². The van der Waals surface area contributed by atoms with Crippen LogP contribution in [0.1, 0.15) is 10.5 Å². The molecule has 0 atom stereocenters. The largest absolute Gasteiger partial charge is 0.468 e. The summed E-state index contributed by atoms with van der Waals surface area (Å²) in [5.41, 5.74) is 0.237. The molecule has 0 unspecified atom stereocenters. The van der Waals surface area contributed by atoms with E-state index in [2.05, 4.69) is 14.3 Å². The van der Waals surface area contributed by atoms with Gasteiger partial charge in [0, 0.05) is 12.4 Å². The van der Waals surface area contributed by atoms with Crippen LogP contribution in [0.2, 0.25) is 0 Å². The van der Waals surface area contributed by atoms with Crippen molar-refractivity contribution in [3.8, 4) is 0 Å². The molecule has 0 N–H and O–H groups in total. The number of carbonyl (C=O) groups excluding carboxylic acids is 2. The summed E-state index contributed by atoms with van der Waals surface area (Å²) in [5.74, 6) is -0.812. The van der Waals surface area contributed by atoms with Crippen molar-refractivity contribution in [1.29, 1.82) is 0 Å². The number of esters is 1. The molecule has 0 bridgehead atoms. The van der Waals surface area contributed by atoms with E-state index in [0.717, 1.165) is 11.5 Å². The second-order valence-corrected chi connectivity index (χ2v) is 3.14. The van der Waals surface area contributed by atoms with Crippen LogP contribution in [0.15, 0.2) is 5.38 Å². The molecular formula is C7H9N3O3S. The van der Waals surface area contributed by atoms with E-state index in [4.69, 9.17) is 0 Å². The van der Waals surface area contributed by atoms with Gasteiger partial charge in [0.1, 0.15) is 6.54 Å². The molecule has 7 heteroatoms. The predicted octanol–water partition coefficient (Wildman–Crippen LogP) is -0.217. The van der Waals surface area contributed by atoms with Crippen LogP contribution < -0.4 is 0 Å². The standard InChI is InChI=1S/C7H9N3O3S/c1-10(3-6(11)13-2)7(12)5-4-14-9-8-5/h4H,3H2,1-2H3. The molecule has 1 amide bonds. The number of carbonyl (C=O) groups is 2. The fourth-order valence-corrected chi connectivity index (χ4v) is 1.21. The molecular weight excluding hydrogens is 206 g/mol. The first kappa shape index (κ1) is 10.6. The monoisotopic (exact) mass is 215 g/mol. The maximum atomic E-state index is 11.5. The van der Waals surface area contributed by atoms with Crippen molar-refractivity contribution in [1.82, 2.24) is 14.5 Å². The number of ether oxygens (including phenoxy) is 1. The van der Waals surface area contributed by atoms with Gasteiger partial charge in [-0.25, -0.2) is 0 Å². The molecule has 0 aliphatic carbocycles. The summed E-state index contributed by atoms with van der Waals surface area (Å²) in [6.07, 6.45) is 0. The van der Waals surface area contributed by atoms with Crippen LogP contribution >= 0.6 is 11.5 Å². The lowest BCUT2D eigenvalue weighted by atomic mass is 10.4. The van der Waals surface area contributed by atoms with Gasteiger partial charge in [0.15, 0.2) is 5.69 Å². The maximum Gasteiger partial charge on any atom is 0.325 e. The van der Waals surface area contributed by atoms with Crippen molar-refractivity contribution in [2.75, 3.05) is 20.7 Å². The molecule has 0 radical (unpaired) electrons. The maximum absolute atomic E-state index is 11.5. The van der Waals surface area contributed by atoms with Crippen LogP contribution in [0.3, 0.4) is 0 Å². The highest BCUT2D eigenvalue weighted by Crippen LogP contribution is 2.01. The Balaban J connectivity index is 2.58. The quantitative estimate of drug-likeness (QED) is 0.652. The summed E-state index contributed by atoms with van der Waals surface area (Å²) in [5, 5.41) is 5.12. The lowest BCUT2D eigenvalue weighted by molar-refractivity contribution is -0.141. The fourth-order valence-electron chi connectivity index (χ4n) is 0.783. The topological polar surface area (TPSA) is 72.4 Å². The van der Waals surface area contributed by atoms with E-state index >= 15 is 0 Å². The first-order chi connectivity index (χ1) is 6.65. The minimum atomic E-state index is -0.468. The number of aromatic nitrogens is 2. The molecule has 1 aromatic rings. The number of likely N-dealkylation sites (N-methyl/N-ethyl adjacent to an activating group) is 1. The first-order valence-corrected chi connectivity index (χ1v) is 4.58. The van der Waals surface area contributed by atoms with Crippen LogP contribution in [-0.2, 0) is 9.53 Å². The Morgan fingerprint density at radius 2 is 2.36 bits per heavy atom. The Hall–Kier alpha value is -1.50. The van der Waals surface area contributed by atoms with Gasteiger partial charge in [0.05, 0.1) is 7.11 Å². The molecule has 0 aliphatic heterocycles. The van der Waals surface area contributed by atoms with Gasteiger partial charge in [-0.15, -0.1) is 5.10 Å². The first-order valence-electron chi connectivity index (χ1n) is 3.74. The van der Waals surface area contributed by atoms with Crippen molar-refractivity contribution >= 4 is 23.4 Å². The average Bonchev–Trinajstić information content (AvgIpc) is 2.69. The van der Waals surface area contributed by atoms with Gasteiger partial charge in [-0.3, -0.25) is 9.59 Å². The normalized spacial score (nSPS) is 9.57. The molecule has 0 aromatic carbocycles. The third-order valence-corrected chi connectivity index (χ3v) is 2.02. The van der Waals surface area contributed by atoms with Crippen molar-refractivity contribution in [2.45, 2.75) is 0 Å². The molecule has 0 saturated heterocycles. The second kappa shape index (κ2) is 4.66. The number of hydrogen-bond donors (Lipinski definition) is 0. The summed E-state index contributed by atoms with van der Waals surface area (Å²) in [7, 11) is 2.77. The number of methoxy groups -OCH3 is 1. The lowest BCUT2D eigenvalue weighted by Crippen LogP contribution is -2.32. The third-order valence-electron chi connectivity index (χ3n) is 1.52. The van der Waals surface area contributed by atoms with E-state index in [0.29, 0.717) is 0 Å². The van der Waals surface area contributed by atoms with Crippen LogP contribution in [0.4, 0.5) is 0 Å². The van der Waals surface area contributed by atoms with Gasteiger partial charge in [-0.05, 0) is 11.5 Å². The molecule has 14 heavy (non-hydrogen) atoms. The van der Waals surface area contributed by atoms with Crippen LogP contribution in [0.5, 0.6) is 0 Å². The average molecular weight is 215 g/mol. The molecule has 0 fully saturated rings. The Labute approximate surface area is 84.6 Å². The van der Waals surface area contributed by atoms with Crippen LogP contribution in [0, 0.1) is 0 Å². The van der Waals surface area contributed by atoms with E-state index < -0.39 is 5.97 Å². The Morgan fingerprint density at radius 1 is 1.64 bits per heavy atom. The zero-order valence-electron chi connectivity index (χ0n) is 7.76. The van der Waals surface area contributed by atoms with E-state index in [1.807, 2.05) is 0 Å². The van der Waals surface area contributed by atoms with Gasteiger partial charge < -0.3 is 9.64 Å². The number of amides is 1. The Bertz CT molecular complexity index is 325. The van der Waals surface area contributed by atoms with E-state index in [1.54, 1.807) is 0 Å². The molecule has 1 heterocycles. The highest BCUT2D eigenvalue weighted by Gasteiger charge is 2.16. The zero-order chi connectivity index (χ0) is 10.6. The van der Waals surface area contributed by atoms with E-state index in [1.165, 1.54) is 24.4 Å². The Kier molecular flexibility index (Phi) is 3.52.